The van der Waals surface area contributed by atoms with Crippen molar-refractivity contribution >= 4 is 16.9 Å². The van der Waals surface area contributed by atoms with Crippen LogP contribution in [0.1, 0.15) is 28.8 Å². The molecule has 1 aliphatic rings. The number of carbonyl (C=O) groups excluding carboxylic acids is 1. The highest BCUT2D eigenvalue weighted by Gasteiger charge is 2.26. The minimum atomic E-state index is -0.607. The molecule has 1 aromatic heterocycles. The molecule has 0 radical (unpaired) electrons. The van der Waals surface area contributed by atoms with Crippen LogP contribution in [0.25, 0.3) is 11.0 Å². The average molecular weight is 363 g/mol. The van der Waals surface area contributed by atoms with Crippen molar-refractivity contribution in [1.29, 1.82) is 0 Å². The zero-order valence-corrected chi connectivity index (χ0v) is 15.0. The predicted octanol–water partition coefficient (Wildman–Crippen LogP) is 3.61. The Morgan fingerprint density at radius 2 is 1.85 bits per heavy atom. The molecule has 0 aliphatic carbocycles. The summed E-state index contributed by atoms with van der Waals surface area (Å²) in [7, 11) is 0. The maximum atomic E-state index is 13.2. The van der Waals surface area contributed by atoms with Crippen molar-refractivity contribution in [3.63, 3.8) is 0 Å². The first kappa shape index (κ1) is 17.5. The molecule has 1 saturated heterocycles. The molecule has 2 heterocycles. The van der Waals surface area contributed by atoms with Gasteiger partial charge in [0.25, 0.3) is 5.91 Å². The van der Waals surface area contributed by atoms with E-state index in [4.69, 9.17) is 9.15 Å². The Balaban J connectivity index is 1.66. The van der Waals surface area contributed by atoms with Gasteiger partial charge in [-0.05, 0) is 30.5 Å². The van der Waals surface area contributed by atoms with E-state index in [9.17, 15) is 9.59 Å². The van der Waals surface area contributed by atoms with Crippen LogP contribution in [0.5, 0.6) is 0 Å². The molecular weight excluding hydrogens is 342 g/mol. The van der Waals surface area contributed by atoms with E-state index in [0.29, 0.717) is 18.7 Å². The summed E-state index contributed by atoms with van der Waals surface area (Å²) in [4.78, 5) is 27.3. The average Bonchev–Trinajstić information content (AvgIpc) is 3.20. The van der Waals surface area contributed by atoms with Crippen molar-refractivity contribution in [2.45, 2.75) is 25.5 Å². The van der Waals surface area contributed by atoms with Crippen LogP contribution in [0.4, 0.5) is 0 Å². The Morgan fingerprint density at radius 1 is 1.07 bits per heavy atom. The Kier molecular flexibility index (Phi) is 5.03. The number of ether oxygens (including phenoxy) is 1. The first-order chi connectivity index (χ1) is 13.2. The van der Waals surface area contributed by atoms with Crippen LogP contribution in [0.2, 0.25) is 0 Å². The Labute approximate surface area is 157 Å². The molecule has 2 aromatic carbocycles. The third kappa shape index (κ3) is 3.93. The molecule has 0 spiro atoms. The SMILES string of the molecule is O=C(c1cc2ccccc2oc1=O)N(Cc1ccccc1)C[C@H]1CCCO1. The van der Waals surface area contributed by atoms with Crippen molar-refractivity contribution in [1.82, 2.24) is 4.90 Å². The lowest BCUT2D eigenvalue weighted by molar-refractivity contribution is 0.0504. The Hall–Kier alpha value is -2.92. The van der Waals surface area contributed by atoms with Gasteiger partial charge in [0.2, 0.25) is 0 Å². The number of amides is 1. The lowest BCUT2D eigenvalue weighted by Gasteiger charge is -2.25. The van der Waals surface area contributed by atoms with E-state index in [-0.39, 0.29) is 17.6 Å². The zero-order valence-electron chi connectivity index (χ0n) is 15.0. The molecule has 1 atom stereocenters. The zero-order chi connectivity index (χ0) is 18.6. The fourth-order valence-electron chi connectivity index (χ4n) is 3.44. The van der Waals surface area contributed by atoms with Gasteiger partial charge in [0.05, 0.1) is 6.10 Å². The van der Waals surface area contributed by atoms with Gasteiger partial charge < -0.3 is 14.1 Å². The monoisotopic (exact) mass is 363 g/mol. The van der Waals surface area contributed by atoms with Gasteiger partial charge in [-0.2, -0.15) is 0 Å². The summed E-state index contributed by atoms with van der Waals surface area (Å²) in [6.45, 7) is 1.60. The van der Waals surface area contributed by atoms with Crippen molar-refractivity contribution in [3.05, 3.63) is 82.2 Å². The minimum Gasteiger partial charge on any atom is -0.422 e. The third-order valence-electron chi connectivity index (χ3n) is 4.82. The molecule has 0 unspecified atom stereocenters. The van der Waals surface area contributed by atoms with Crippen LogP contribution < -0.4 is 5.63 Å². The number of hydrogen-bond donors (Lipinski definition) is 0. The second-order valence-electron chi connectivity index (χ2n) is 6.79. The van der Waals surface area contributed by atoms with E-state index < -0.39 is 5.63 Å². The predicted molar refractivity (Wildman–Crippen MR) is 103 cm³/mol. The quantitative estimate of drug-likeness (QED) is 0.650. The molecule has 1 aliphatic heterocycles. The Morgan fingerprint density at radius 3 is 2.63 bits per heavy atom. The lowest BCUT2D eigenvalue weighted by atomic mass is 10.1. The van der Waals surface area contributed by atoms with Crippen LogP contribution in [0.15, 0.2) is 69.9 Å². The van der Waals surface area contributed by atoms with E-state index in [0.717, 1.165) is 30.4 Å². The second kappa shape index (κ2) is 7.76. The molecule has 5 nitrogen and oxygen atoms in total. The van der Waals surface area contributed by atoms with E-state index in [1.807, 2.05) is 42.5 Å². The molecule has 3 aromatic rings. The fraction of sp³-hybridized carbons (Fsp3) is 0.273. The van der Waals surface area contributed by atoms with Gasteiger partial charge in [-0.25, -0.2) is 4.79 Å². The molecule has 4 rings (SSSR count). The molecule has 5 heteroatoms. The number of fused-ring (bicyclic) bond motifs is 1. The number of carbonyl (C=O) groups is 1. The summed E-state index contributed by atoms with van der Waals surface area (Å²) in [5.74, 6) is -0.325. The number of hydrogen-bond acceptors (Lipinski definition) is 4. The Bertz CT molecular complexity index is 990. The number of para-hydroxylation sites is 1. The van der Waals surface area contributed by atoms with E-state index >= 15 is 0 Å². The summed E-state index contributed by atoms with van der Waals surface area (Å²) in [6.07, 6.45) is 1.92. The normalized spacial score (nSPS) is 16.5. The lowest BCUT2D eigenvalue weighted by Crippen LogP contribution is -2.38. The fourth-order valence-corrected chi connectivity index (χ4v) is 3.44. The third-order valence-corrected chi connectivity index (χ3v) is 4.82. The van der Waals surface area contributed by atoms with Crippen molar-refractivity contribution in [3.8, 4) is 0 Å². The first-order valence-corrected chi connectivity index (χ1v) is 9.18. The summed E-state index contributed by atoms with van der Waals surface area (Å²) in [5.41, 5.74) is 0.938. The molecular formula is C22H21NO4. The highest BCUT2D eigenvalue weighted by molar-refractivity contribution is 5.96. The highest BCUT2D eigenvalue weighted by atomic mass is 16.5. The van der Waals surface area contributed by atoms with Crippen LogP contribution in [0, 0.1) is 0 Å². The largest absolute Gasteiger partial charge is 0.422 e. The molecule has 1 fully saturated rings. The smallest absolute Gasteiger partial charge is 0.349 e. The minimum absolute atomic E-state index is 0.00478. The van der Waals surface area contributed by atoms with Crippen molar-refractivity contribution in [2.75, 3.05) is 13.2 Å². The van der Waals surface area contributed by atoms with Crippen molar-refractivity contribution in [2.24, 2.45) is 0 Å². The van der Waals surface area contributed by atoms with Gasteiger partial charge in [0.1, 0.15) is 11.1 Å². The maximum Gasteiger partial charge on any atom is 0.349 e. The van der Waals surface area contributed by atoms with E-state index in [1.54, 1.807) is 23.1 Å². The van der Waals surface area contributed by atoms with Gasteiger partial charge in [0, 0.05) is 25.1 Å². The second-order valence-corrected chi connectivity index (χ2v) is 6.79. The van der Waals surface area contributed by atoms with Gasteiger partial charge in [0.15, 0.2) is 0 Å². The van der Waals surface area contributed by atoms with Gasteiger partial charge in [-0.15, -0.1) is 0 Å². The first-order valence-electron chi connectivity index (χ1n) is 9.18. The number of nitrogens with zero attached hydrogens (tertiary/aromatic N) is 1. The molecule has 138 valence electrons. The summed E-state index contributed by atoms with van der Waals surface area (Å²) in [6, 6.07) is 18.6. The number of benzene rings is 2. The maximum absolute atomic E-state index is 13.2. The molecule has 1 amide bonds. The van der Waals surface area contributed by atoms with Crippen molar-refractivity contribution < 1.29 is 13.9 Å². The highest BCUT2D eigenvalue weighted by Crippen LogP contribution is 2.18. The van der Waals surface area contributed by atoms with Gasteiger partial charge in [-0.1, -0.05) is 48.5 Å². The summed E-state index contributed by atoms with van der Waals surface area (Å²) in [5, 5.41) is 0.734. The van der Waals surface area contributed by atoms with E-state index in [1.165, 1.54) is 0 Å². The van der Waals surface area contributed by atoms with Gasteiger partial charge >= 0.3 is 5.63 Å². The topological polar surface area (TPSA) is 59.8 Å². The molecule has 27 heavy (non-hydrogen) atoms. The summed E-state index contributed by atoms with van der Waals surface area (Å²) < 4.78 is 11.1. The van der Waals surface area contributed by atoms with Gasteiger partial charge in [-0.3, -0.25) is 4.79 Å². The summed E-state index contributed by atoms with van der Waals surface area (Å²) >= 11 is 0. The van der Waals surface area contributed by atoms with Crippen LogP contribution >= 0.6 is 0 Å². The van der Waals surface area contributed by atoms with Crippen LogP contribution in [-0.2, 0) is 11.3 Å². The molecule has 0 saturated carbocycles. The molecule has 0 bridgehead atoms. The van der Waals surface area contributed by atoms with E-state index in [2.05, 4.69) is 0 Å². The van der Waals surface area contributed by atoms with Crippen LogP contribution in [0.3, 0.4) is 0 Å². The number of rotatable bonds is 5. The standard InChI is InChI=1S/C22H21NO4/c24-21(19-13-17-9-4-5-11-20(17)27-22(19)25)23(15-18-10-6-12-26-18)14-16-7-2-1-3-8-16/h1-5,7-9,11,13,18H,6,10,12,14-15H2/t18-/m1/s1. The molecule has 0 N–H and O–H groups in total. The van der Waals surface area contributed by atoms with Crippen LogP contribution in [-0.4, -0.2) is 30.1 Å².